The molecule has 5 aromatic carbocycles. The van der Waals surface area contributed by atoms with Gasteiger partial charge in [0.25, 0.3) is 0 Å². The molecule has 0 bridgehead atoms. The van der Waals surface area contributed by atoms with Crippen LogP contribution in [0.1, 0.15) is 48.8 Å². The van der Waals surface area contributed by atoms with Crippen molar-refractivity contribution in [3.8, 4) is 51.0 Å². The van der Waals surface area contributed by atoms with Crippen molar-refractivity contribution in [2.75, 3.05) is 0 Å². The number of benzene rings is 5. The quantitative estimate of drug-likeness (QED) is 0.209. The first-order valence-corrected chi connectivity index (χ1v) is 15.8. The van der Waals surface area contributed by atoms with Crippen molar-refractivity contribution >= 4 is 22.1 Å². The van der Waals surface area contributed by atoms with Crippen LogP contribution in [0.3, 0.4) is 0 Å². The van der Waals surface area contributed by atoms with Crippen LogP contribution in [0.25, 0.3) is 67.0 Å². The number of fused-ring (bicyclic) bond motifs is 8. The zero-order valence-corrected chi connectivity index (χ0v) is 24.8. The maximum absolute atomic E-state index is 9.89. The third-order valence-corrected chi connectivity index (χ3v) is 9.95. The standard InChI is InChI=1S/C41H29N3O/c42-25-26-20-21-33-32(24-26)36-29(17-11-18-34(36)41(33)22-9-2-10-23-41)28-14-5-6-15-30(28)40-43-37(27-12-3-1-4-13-27)39-38(44-40)31-16-7-8-19-35(31)45-39/h1,3-8,11-21,24H,2,9-10,22-23H2. The summed E-state index contributed by atoms with van der Waals surface area (Å²) in [4.78, 5) is 10.4. The first kappa shape index (κ1) is 25.9. The molecule has 2 aliphatic carbocycles. The van der Waals surface area contributed by atoms with Gasteiger partial charge in [-0.3, -0.25) is 0 Å². The van der Waals surface area contributed by atoms with Crippen LogP contribution in [-0.2, 0) is 5.41 Å². The fourth-order valence-corrected chi connectivity index (χ4v) is 7.96. The summed E-state index contributed by atoms with van der Waals surface area (Å²) >= 11 is 0. The van der Waals surface area contributed by atoms with E-state index in [-0.39, 0.29) is 5.41 Å². The molecule has 1 saturated carbocycles. The van der Waals surface area contributed by atoms with E-state index in [2.05, 4.69) is 78.9 Å². The van der Waals surface area contributed by atoms with Crippen molar-refractivity contribution in [1.82, 2.24) is 9.97 Å². The normalized spacial score (nSPS) is 14.8. The first-order valence-electron chi connectivity index (χ1n) is 15.8. The van der Waals surface area contributed by atoms with Gasteiger partial charge in [-0.1, -0.05) is 110 Å². The van der Waals surface area contributed by atoms with Crippen LogP contribution >= 0.6 is 0 Å². The second-order valence-corrected chi connectivity index (χ2v) is 12.3. The topological polar surface area (TPSA) is 62.7 Å². The van der Waals surface area contributed by atoms with Gasteiger partial charge in [-0.2, -0.15) is 5.26 Å². The minimum atomic E-state index is -0.00649. The monoisotopic (exact) mass is 579 g/mol. The molecule has 2 aromatic heterocycles. The summed E-state index contributed by atoms with van der Waals surface area (Å²) in [5.41, 5.74) is 13.2. The second-order valence-electron chi connectivity index (χ2n) is 12.3. The molecule has 0 unspecified atom stereocenters. The Labute approximate surface area is 261 Å². The van der Waals surface area contributed by atoms with Crippen molar-refractivity contribution in [2.45, 2.75) is 37.5 Å². The van der Waals surface area contributed by atoms with Crippen LogP contribution in [0, 0.1) is 11.3 Å². The van der Waals surface area contributed by atoms with Crippen LogP contribution in [0.2, 0.25) is 0 Å². The Bertz CT molecular complexity index is 2320. The summed E-state index contributed by atoms with van der Waals surface area (Å²) in [6.45, 7) is 0. The Balaban J connectivity index is 1.32. The average Bonchev–Trinajstić information content (AvgIpc) is 3.61. The maximum atomic E-state index is 9.89. The van der Waals surface area contributed by atoms with Crippen molar-refractivity contribution in [3.63, 3.8) is 0 Å². The van der Waals surface area contributed by atoms with Crippen molar-refractivity contribution in [2.24, 2.45) is 0 Å². The number of furan rings is 1. The molecule has 214 valence electrons. The van der Waals surface area contributed by atoms with Gasteiger partial charge >= 0.3 is 0 Å². The van der Waals surface area contributed by atoms with Gasteiger partial charge in [-0.05, 0) is 70.5 Å². The molecule has 0 atom stereocenters. The van der Waals surface area contributed by atoms with Gasteiger partial charge in [0.05, 0.1) is 11.6 Å². The largest absolute Gasteiger partial charge is 0.452 e. The second kappa shape index (κ2) is 10.0. The van der Waals surface area contributed by atoms with Gasteiger partial charge in [0.15, 0.2) is 11.4 Å². The average molecular weight is 580 g/mol. The third kappa shape index (κ3) is 3.84. The highest BCUT2D eigenvalue weighted by Gasteiger charge is 2.44. The van der Waals surface area contributed by atoms with E-state index in [4.69, 9.17) is 14.4 Å². The minimum Gasteiger partial charge on any atom is -0.452 e. The minimum absolute atomic E-state index is 0.00649. The highest BCUT2D eigenvalue weighted by atomic mass is 16.3. The highest BCUT2D eigenvalue weighted by Crippen LogP contribution is 2.58. The molecule has 2 aliphatic rings. The molecular weight excluding hydrogens is 550 g/mol. The molecule has 0 aliphatic heterocycles. The van der Waals surface area contributed by atoms with Crippen LogP contribution in [0.5, 0.6) is 0 Å². The lowest BCUT2D eigenvalue weighted by Gasteiger charge is -2.36. The summed E-state index contributed by atoms with van der Waals surface area (Å²) in [5, 5.41) is 10.9. The molecule has 0 saturated heterocycles. The van der Waals surface area contributed by atoms with Gasteiger partial charge in [0, 0.05) is 21.9 Å². The Morgan fingerprint density at radius 3 is 2.24 bits per heavy atom. The summed E-state index contributed by atoms with van der Waals surface area (Å²) < 4.78 is 6.38. The number of nitrogens with zero attached hydrogens (tertiary/aromatic N) is 3. The number of hydrogen-bond donors (Lipinski definition) is 0. The van der Waals surface area contributed by atoms with Gasteiger partial charge < -0.3 is 4.42 Å². The van der Waals surface area contributed by atoms with E-state index >= 15 is 0 Å². The number of aromatic nitrogens is 2. The van der Waals surface area contributed by atoms with E-state index in [0.717, 1.165) is 57.3 Å². The lowest BCUT2D eigenvalue weighted by molar-refractivity contribution is 0.353. The van der Waals surface area contributed by atoms with Crippen molar-refractivity contribution in [3.05, 3.63) is 132 Å². The predicted molar refractivity (Wildman–Crippen MR) is 180 cm³/mol. The Morgan fingerprint density at radius 2 is 1.40 bits per heavy atom. The molecule has 0 N–H and O–H groups in total. The molecule has 9 rings (SSSR count). The van der Waals surface area contributed by atoms with Crippen LogP contribution < -0.4 is 0 Å². The van der Waals surface area contributed by atoms with Crippen molar-refractivity contribution < 1.29 is 4.42 Å². The molecule has 7 aromatic rings. The SMILES string of the molecule is N#Cc1ccc2c(c1)-c1c(-c3ccccc3-c3nc(-c4ccccc4)c4oc5ccccc5c4n3)cccc1C21CCCCC1. The predicted octanol–water partition coefficient (Wildman–Crippen LogP) is 10.5. The zero-order chi connectivity index (χ0) is 30.0. The molecule has 1 spiro atoms. The van der Waals surface area contributed by atoms with E-state index in [1.807, 2.05) is 42.5 Å². The maximum Gasteiger partial charge on any atom is 0.180 e. The van der Waals surface area contributed by atoms with Crippen LogP contribution in [0.4, 0.5) is 0 Å². The van der Waals surface area contributed by atoms with Crippen molar-refractivity contribution in [1.29, 1.82) is 5.26 Å². The number of hydrogen-bond acceptors (Lipinski definition) is 4. The number of para-hydroxylation sites is 1. The van der Waals surface area contributed by atoms with Gasteiger partial charge in [0.1, 0.15) is 16.8 Å². The third-order valence-electron chi connectivity index (χ3n) is 9.95. The smallest absolute Gasteiger partial charge is 0.180 e. The zero-order valence-electron chi connectivity index (χ0n) is 24.8. The van der Waals surface area contributed by atoms with Crippen LogP contribution in [0.15, 0.2) is 120 Å². The summed E-state index contributed by atoms with van der Waals surface area (Å²) in [5.74, 6) is 0.664. The van der Waals surface area contributed by atoms with Gasteiger partial charge in [0.2, 0.25) is 0 Å². The van der Waals surface area contributed by atoms with Gasteiger partial charge in [-0.15, -0.1) is 0 Å². The van der Waals surface area contributed by atoms with E-state index in [1.54, 1.807) is 0 Å². The Morgan fingerprint density at radius 1 is 0.644 bits per heavy atom. The number of rotatable bonds is 3. The lowest BCUT2D eigenvalue weighted by Crippen LogP contribution is -2.28. The van der Waals surface area contributed by atoms with E-state index in [1.165, 1.54) is 41.5 Å². The van der Waals surface area contributed by atoms with E-state index in [0.29, 0.717) is 17.0 Å². The lowest BCUT2D eigenvalue weighted by atomic mass is 9.67. The molecule has 4 heteroatoms. The fraction of sp³-hybridized carbons (Fsp3) is 0.146. The fourth-order valence-electron chi connectivity index (χ4n) is 7.96. The summed E-state index contributed by atoms with van der Waals surface area (Å²) in [6.07, 6.45) is 5.98. The van der Waals surface area contributed by atoms with E-state index < -0.39 is 0 Å². The molecule has 1 fully saturated rings. The first-order chi connectivity index (χ1) is 22.2. The molecule has 0 amide bonds. The van der Waals surface area contributed by atoms with Gasteiger partial charge in [-0.25, -0.2) is 9.97 Å². The molecule has 45 heavy (non-hydrogen) atoms. The van der Waals surface area contributed by atoms with Crippen LogP contribution in [-0.4, -0.2) is 9.97 Å². The summed E-state index contributed by atoms with van der Waals surface area (Å²) in [7, 11) is 0. The molecule has 0 radical (unpaired) electrons. The Hall–Kier alpha value is -5.53. The molecule has 4 nitrogen and oxygen atoms in total. The number of nitriles is 1. The molecular formula is C41H29N3O. The Kier molecular flexibility index (Phi) is 5.76. The summed E-state index contributed by atoms with van der Waals surface area (Å²) in [6, 6.07) is 42.3. The highest BCUT2D eigenvalue weighted by molar-refractivity contribution is 6.07. The van der Waals surface area contributed by atoms with E-state index in [9.17, 15) is 5.26 Å². The molecule has 2 heterocycles.